The molecule has 1 atom stereocenters. The maximum absolute atomic E-state index is 5.72. The van der Waals surface area contributed by atoms with Crippen molar-refractivity contribution in [2.45, 2.75) is 12.5 Å². The monoisotopic (exact) mass is 257 g/mol. The molecule has 2 N–H and O–H groups in total. The van der Waals surface area contributed by atoms with Gasteiger partial charge in [-0.15, -0.1) is 0 Å². The summed E-state index contributed by atoms with van der Waals surface area (Å²) in [6, 6.07) is 3.82. The molecule has 2 rings (SSSR count). The minimum atomic E-state index is -0.254. The first-order chi connectivity index (χ1) is 6.54. The number of hydrogen-bond acceptors (Lipinski definition) is 4. The number of rotatable bonds is 1. The Bertz CT molecular complexity index is 387. The van der Waals surface area contributed by atoms with Gasteiger partial charge in [0, 0.05) is 7.05 Å². The fraction of sp³-hybridized carbons (Fsp3) is 0.444. The maximum Gasteiger partial charge on any atom is 0.191 e. The lowest BCUT2D eigenvalue weighted by Gasteiger charge is -2.30. The molecule has 5 heteroatoms. The van der Waals surface area contributed by atoms with E-state index in [0.717, 1.165) is 10.4 Å². The maximum atomic E-state index is 5.72. The predicted octanol–water partition coefficient (Wildman–Crippen LogP) is 1.52. The van der Waals surface area contributed by atoms with Crippen LogP contribution in [0, 0.1) is 0 Å². The van der Waals surface area contributed by atoms with Gasteiger partial charge in [-0.05, 0) is 35.0 Å². The van der Waals surface area contributed by atoms with Crippen molar-refractivity contribution in [1.29, 1.82) is 0 Å². The van der Waals surface area contributed by atoms with Crippen LogP contribution in [0.5, 0.6) is 0 Å². The van der Waals surface area contributed by atoms with E-state index in [2.05, 4.69) is 27.8 Å². The van der Waals surface area contributed by atoms with Gasteiger partial charge in [-0.3, -0.25) is 4.99 Å². The van der Waals surface area contributed by atoms with Crippen molar-refractivity contribution in [2.24, 2.45) is 10.7 Å². The number of hydrogen-bond donors (Lipinski definition) is 1. The molecule has 0 fully saturated rings. The number of nitrogens with zero attached hydrogens (tertiary/aromatic N) is 2. The zero-order valence-corrected chi connectivity index (χ0v) is 9.71. The van der Waals surface area contributed by atoms with Gasteiger partial charge in [0.05, 0.1) is 6.54 Å². The van der Waals surface area contributed by atoms with E-state index in [1.54, 1.807) is 0 Å². The smallest absolute Gasteiger partial charge is 0.191 e. The minimum absolute atomic E-state index is 0.254. The van der Waals surface area contributed by atoms with Crippen molar-refractivity contribution in [3.05, 3.63) is 22.6 Å². The number of guanidine groups is 1. The normalized spacial score (nSPS) is 26.8. The Kier molecular flexibility index (Phi) is 2.06. The second kappa shape index (κ2) is 3.02. The Morgan fingerprint density at radius 2 is 2.36 bits per heavy atom. The molecule has 1 aromatic heterocycles. The summed E-state index contributed by atoms with van der Waals surface area (Å²) in [5.74, 6) is 1.43. The molecule has 0 amide bonds. The third kappa shape index (κ3) is 1.23. The largest absolute Gasteiger partial charge is 0.452 e. The average molecular weight is 258 g/mol. The van der Waals surface area contributed by atoms with Gasteiger partial charge in [0.2, 0.25) is 0 Å². The lowest BCUT2D eigenvalue weighted by molar-refractivity contribution is 0.217. The van der Waals surface area contributed by atoms with Gasteiger partial charge < -0.3 is 15.1 Å². The molecule has 1 aromatic rings. The van der Waals surface area contributed by atoms with E-state index < -0.39 is 0 Å². The van der Waals surface area contributed by atoms with Crippen molar-refractivity contribution in [3.63, 3.8) is 0 Å². The molecule has 0 radical (unpaired) electrons. The van der Waals surface area contributed by atoms with E-state index in [0.29, 0.717) is 12.5 Å². The summed E-state index contributed by atoms with van der Waals surface area (Å²) in [5, 5.41) is 0. The summed E-state index contributed by atoms with van der Waals surface area (Å²) < 4.78 is 6.26. The van der Waals surface area contributed by atoms with Crippen LogP contribution >= 0.6 is 15.9 Å². The number of nitrogens with two attached hydrogens (primary N) is 1. The Morgan fingerprint density at radius 3 is 2.79 bits per heavy atom. The van der Waals surface area contributed by atoms with Crippen LogP contribution in [0.1, 0.15) is 12.7 Å². The van der Waals surface area contributed by atoms with Crippen molar-refractivity contribution in [3.8, 4) is 0 Å². The van der Waals surface area contributed by atoms with Crippen LogP contribution in [0.3, 0.4) is 0 Å². The number of furan rings is 1. The molecule has 0 saturated heterocycles. The molecule has 1 unspecified atom stereocenters. The second-order valence-electron chi connectivity index (χ2n) is 3.61. The Labute approximate surface area is 90.9 Å². The van der Waals surface area contributed by atoms with E-state index in [9.17, 15) is 0 Å². The molecule has 0 aliphatic carbocycles. The Balaban J connectivity index is 2.35. The topological polar surface area (TPSA) is 54.8 Å². The Morgan fingerprint density at radius 1 is 1.64 bits per heavy atom. The summed E-state index contributed by atoms with van der Waals surface area (Å²) >= 11 is 3.28. The highest BCUT2D eigenvalue weighted by Crippen LogP contribution is 2.33. The van der Waals surface area contributed by atoms with Crippen molar-refractivity contribution >= 4 is 21.9 Å². The van der Waals surface area contributed by atoms with Crippen LogP contribution in [0.4, 0.5) is 0 Å². The van der Waals surface area contributed by atoms with Crippen LogP contribution in [0.15, 0.2) is 26.2 Å². The highest BCUT2D eigenvalue weighted by atomic mass is 79.9. The zero-order valence-electron chi connectivity index (χ0n) is 8.12. The average Bonchev–Trinajstić information content (AvgIpc) is 2.68. The summed E-state index contributed by atoms with van der Waals surface area (Å²) in [4.78, 5) is 6.13. The Hall–Kier alpha value is -0.970. The first-order valence-electron chi connectivity index (χ1n) is 4.33. The van der Waals surface area contributed by atoms with Gasteiger partial charge in [0.1, 0.15) is 11.3 Å². The molecular formula is C9H12BrN3O. The van der Waals surface area contributed by atoms with Crippen LogP contribution in [-0.2, 0) is 5.54 Å². The molecule has 4 nitrogen and oxygen atoms in total. The van der Waals surface area contributed by atoms with Crippen LogP contribution in [0.2, 0.25) is 0 Å². The van der Waals surface area contributed by atoms with Gasteiger partial charge in [-0.2, -0.15) is 0 Å². The molecule has 0 saturated carbocycles. The first kappa shape index (κ1) is 9.58. The van der Waals surface area contributed by atoms with Gasteiger partial charge in [0.25, 0.3) is 0 Å². The lowest BCUT2D eigenvalue weighted by atomic mass is 9.99. The molecule has 0 aromatic carbocycles. The fourth-order valence-electron chi connectivity index (χ4n) is 1.55. The second-order valence-corrected chi connectivity index (χ2v) is 4.39. The molecular weight excluding hydrogens is 246 g/mol. The van der Waals surface area contributed by atoms with E-state index in [1.807, 2.05) is 24.1 Å². The van der Waals surface area contributed by atoms with Crippen LogP contribution in [0.25, 0.3) is 0 Å². The molecule has 0 spiro atoms. The fourth-order valence-corrected chi connectivity index (χ4v) is 1.85. The number of aliphatic imine (C=N–C) groups is 1. The molecule has 1 aliphatic heterocycles. The number of likely N-dealkylation sites (N-methyl/N-ethyl adjacent to an activating group) is 1. The number of halogens is 1. The first-order valence-corrected chi connectivity index (χ1v) is 5.13. The molecule has 14 heavy (non-hydrogen) atoms. The quantitative estimate of drug-likeness (QED) is 0.830. The van der Waals surface area contributed by atoms with E-state index >= 15 is 0 Å². The third-order valence-corrected chi connectivity index (χ3v) is 3.16. The molecule has 2 heterocycles. The molecule has 1 aliphatic rings. The van der Waals surface area contributed by atoms with E-state index in [4.69, 9.17) is 10.2 Å². The lowest BCUT2D eigenvalue weighted by Crippen LogP contribution is -2.44. The minimum Gasteiger partial charge on any atom is -0.452 e. The molecule has 0 bridgehead atoms. The zero-order chi connectivity index (χ0) is 10.3. The standard InChI is InChI=1S/C9H12BrN3O/c1-9(5-12-8(11)13(9)2)6-3-4-7(10)14-6/h3-4H,5H2,1-2H3,(H2,11,12). The van der Waals surface area contributed by atoms with Gasteiger partial charge in [-0.1, -0.05) is 0 Å². The third-order valence-electron chi connectivity index (χ3n) is 2.74. The van der Waals surface area contributed by atoms with E-state index in [1.165, 1.54) is 0 Å². The van der Waals surface area contributed by atoms with Gasteiger partial charge >= 0.3 is 0 Å². The molecule has 76 valence electrons. The van der Waals surface area contributed by atoms with Crippen LogP contribution in [-0.4, -0.2) is 24.5 Å². The van der Waals surface area contributed by atoms with Gasteiger partial charge in [-0.25, -0.2) is 0 Å². The summed E-state index contributed by atoms with van der Waals surface area (Å²) in [7, 11) is 1.92. The highest BCUT2D eigenvalue weighted by Gasteiger charge is 2.39. The SMILES string of the molecule is CN1C(N)=NCC1(C)c1ccc(Br)o1. The van der Waals surface area contributed by atoms with Crippen molar-refractivity contribution in [1.82, 2.24) is 4.90 Å². The highest BCUT2D eigenvalue weighted by molar-refractivity contribution is 9.10. The van der Waals surface area contributed by atoms with Gasteiger partial charge in [0.15, 0.2) is 10.6 Å². The van der Waals surface area contributed by atoms with Crippen molar-refractivity contribution < 1.29 is 4.42 Å². The van der Waals surface area contributed by atoms with Crippen LogP contribution < -0.4 is 5.73 Å². The van der Waals surface area contributed by atoms with Crippen molar-refractivity contribution in [2.75, 3.05) is 13.6 Å². The predicted molar refractivity (Wildman–Crippen MR) is 58.0 cm³/mol. The summed E-state index contributed by atoms with van der Waals surface area (Å²) in [6.45, 7) is 2.69. The summed E-state index contributed by atoms with van der Waals surface area (Å²) in [5.41, 5.74) is 5.47. The van der Waals surface area contributed by atoms with E-state index in [-0.39, 0.29) is 5.54 Å². The summed E-state index contributed by atoms with van der Waals surface area (Å²) in [6.07, 6.45) is 0.